The average Bonchev–Trinajstić information content (AvgIpc) is 2.80. The van der Waals surface area contributed by atoms with Gasteiger partial charge in [0.1, 0.15) is 10.6 Å². The van der Waals surface area contributed by atoms with Crippen molar-refractivity contribution in [2.45, 2.75) is 6.92 Å². The van der Waals surface area contributed by atoms with Gasteiger partial charge in [-0.25, -0.2) is 4.98 Å². The smallest absolute Gasteiger partial charge is 0.225 e. The molecule has 0 atom stereocenters. The lowest BCUT2D eigenvalue weighted by Gasteiger charge is -2.10. The number of aromatic nitrogens is 2. The Balaban J connectivity index is 2.07. The van der Waals surface area contributed by atoms with Gasteiger partial charge in [-0.15, -0.1) is 11.3 Å². The molecule has 0 bridgehead atoms. The number of halogens is 2. The van der Waals surface area contributed by atoms with Crippen molar-refractivity contribution in [1.82, 2.24) is 9.97 Å². The largest absolute Gasteiger partial charge is 0.339 e. The summed E-state index contributed by atoms with van der Waals surface area (Å²) in [6, 6.07) is 8.04. The maximum atomic E-state index is 5.95. The molecule has 6 heteroatoms. The third kappa shape index (κ3) is 2.59. The van der Waals surface area contributed by atoms with Crippen LogP contribution < -0.4 is 5.32 Å². The van der Waals surface area contributed by atoms with E-state index in [4.69, 9.17) is 11.6 Å². The van der Waals surface area contributed by atoms with Crippen molar-refractivity contribution >= 4 is 60.6 Å². The lowest BCUT2D eigenvalue weighted by molar-refractivity contribution is 1.22. The minimum absolute atomic E-state index is 0.257. The van der Waals surface area contributed by atoms with Crippen LogP contribution in [-0.4, -0.2) is 9.97 Å². The van der Waals surface area contributed by atoms with Crippen molar-refractivity contribution in [3.63, 3.8) is 0 Å². The summed E-state index contributed by atoms with van der Waals surface area (Å²) in [5.74, 6) is 0.738. The molecule has 0 saturated carbocycles. The molecule has 2 aromatic heterocycles. The summed E-state index contributed by atoms with van der Waals surface area (Å²) in [5.41, 5.74) is 2.14. The van der Waals surface area contributed by atoms with Crippen molar-refractivity contribution in [3.05, 3.63) is 45.0 Å². The van der Waals surface area contributed by atoms with Crippen LogP contribution in [0.15, 0.2) is 34.1 Å². The maximum Gasteiger partial charge on any atom is 0.225 e. The molecule has 0 saturated heterocycles. The summed E-state index contributed by atoms with van der Waals surface area (Å²) in [4.78, 5) is 9.36. The Morgan fingerprint density at radius 1 is 1.26 bits per heavy atom. The van der Waals surface area contributed by atoms with Crippen LogP contribution in [0.2, 0.25) is 5.28 Å². The summed E-state index contributed by atoms with van der Waals surface area (Å²) in [7, 11) is 0. The number of thiophene rings is 1. The lowest BCUT2D eigenvalue weighted by Crippen LogP contribution is -1.97. The fraction of sp³-hybridized carbons (Fsp3) is 0.0769. The van der Waals surface area contributed by atoms with Crippen molar-refractivity contribution in [2.24, 2.45) is 0 Å². The molecule has 3 nitrogen and oxygen atoms in total. The van der Waals surface area contributed by atoms with E-state index in [1.54, 1.807) is 11.3 Å². The van der Waals surface area contributed by atoms with Crippen LogP contribution in [0.1, 0.15) is 5.56 Å². The molecular weight excluding hydrogens is 346 g/mol. The first kappa shape index (κ1) is 12.8. The van der Waals surface area contributed by atoms with Gasteiger partial charge in [0.05, 0.1) is 5.39 Å². The van der Waals surface area contributed by atoms with E-state index >= 15 is 0 Å². The van der Waals surface area contributed by atoms with Crippen LogP contribution in [-0.2, 0) is 0 Å². The van der Waals surface area contributed by atoms with Gasteiger partial charge in [-0.1, -0.05) is 15.9 Å². The van der Waals surface area contributed by atoms with E-state index in [1.165, 1.54) is 0 Å². The van der Waals surface area contributed by atoms with Crippen LogP contribution in [0.4, 0.5) is 11.5 Å². The van der Waals surface area contributed by atoms with Gasteiger partial charge >= 0.3 is 0 Å². The van der Waals surface area contributed by atoms with Gasteiger partial charge < -0.3 is 5.32 Å². The summed E-state index contributed by atoms with van der Waals surface area (Å²) < 4.78 is 1.05. The minimum Gasteiger partial charge on any atom is -0.339 e. The normalized spacial score (nSPS) is 10.9. The molecule has 0 fully saturated rings. The summed E-state index contributed by atoms with van der Waals surface area (Å²) >= 11 is 11.0. The van der Waals surface area contributed by atoms with E-state index in [2.05, 4.69) is 37.3 Å². The first-order valence-corrected chi connectivity index (χ1v) is 7.62. The van der Waals surface area contributed by atoms with Crippen molar-refractivity contribution in [3.8, 4) is 0 Å². The molecule has 0 aliphatic rings. The van der Waals surface area contributed by atoms with E-state index in [-0.39, 0.29) is 5.28 Å². The molecular formula is C13H9BrClN3S. The monoisotopic (exact) mass is 353 g/mol. The maximum absolute atomic E-state index is 5.95. The third-order valence-corrected chi connectivity index (χ3v) is 4.21. The zero-order chi connectivity index (χ0) is 13.4. The topological polar surface area (TPSA) is 37.8 Å². The highest BCUT2D eigenvalue weighted by Crippen LogP contribution is 2.30. The van der Waals surface area contributed by atoms with Gasteiger partial charge in [-0.05, 0) is 53.7 Å². The molecule has 3 aromatic rings. The standard InChI is InChI=1S/C13H9BrClN3S/c1-7-6-8(14)2-3-10(7)16-11-9-4-5-19-12(9)18-13(15)17-11/h2-6H,1H3,(H,16,17,18). The second-order valence-electron chi connectivity index (χ2n) is 4.06. The van der Waals surface area contributed by atoms with Gasteiger partial charge in [-0.2, -0.15) is 4.98 Å². The molecule has 0 aliphatic heterocycles. The minimum atomic E-state index is 0.257. The molecule has 0 unspecified atom stereocenters. The Morgan fingerprint density at radius 3 is 2.89 bits per heavy atom. The van der Waals surface area contributed by atoms with E-state index in [9.17, 15) is 0 Å². The van der Waals surface area contributed by atoms with E-state index in [1.807, 2.05) is 30.5 Å². The number of nitrogens with zero attached hydrogens (tertiary/aromatic N) is 2. The van der Waals surface area contributed by atoms with Crippen LogP contribution in [0.5, 0.6) is 0 Å². The molecule has 1 aromatic carbocycles. The Morgan fingerprint density at radius 2 is 2.11 bits per heavy atom. The van der Waals surface area contributed by atoms with E-state index < -0.39 is 0 Å². The Kier molecular flexibility index (Phi) is 3.43. The number of anilines is 2. The number of rotatable bonds is 2. The second kappa shape index (κ2) is 5.07. The molecule has 19 heavy (non-hydrogen) atoms. The number of aryl methyl sites for hydroxylation is 1. The van der Waals surface area contributed by atoms with Gasteiger partial charge in [0.2, 0.25) is 5.28 Å². The summed E-state index contributed by atoms with van der Waals surface area (Å²) in [5, 5.41) is 6.54. The van der Waals surface area contributed by atoms with Crippen molar-refractivity contribution in [2.75, 3.05) is 5.32 Å². The molecule has 0 radical (unpaired) electrons. The highest BCUT2D eigenvalue weighted by Gasteiger charge is 2.09. The predicted molar refractivity (Wildman–Crippen MR) is 84.6 cm³/mol. The van der Waals surface area contributed by atoms with Gasteiger partial charge in [0, 0.05) is 10.2 Å². The molecule has 0 amide bonds. The van der Waals surface area contributed by atoms with Crippen molar-refractivity contribution in [1.29, 1.82) is 0 Å². The molecule has 0 spiro atoms. The third-order valence-electron chi connectivity index (χ3n) is 2.74. The molecule has 0 aliphatic carbocycles. The zero-order valence-corrected chi connectivity index (χ0v) is 13.1. The van der Waals surface area contributed by atoms with Gasteiger partial charge in [0.15, 0.2) is 0 Å². The number of hydrogen-bond donors (Lipinski definition) is 1. The highest BCUT2D eigenvalue weighted by atomic mass is 79.9. The van der Waals surface area contributed by atoms with Gasteiger partial charge in [0.25, 0.3) is 0 Å². The summed E-state index contributed by atoms with van der Waals surface area (Å²) in [6.45, 7) is 2.04. The first-order valence-electron chi connectivity index (χ1n) is 5.57. The van der Waals surface area contributed by atoms with E-state index in [0.717, 1.165) is 31.8 Å². The van der Waals surface area contributed by atoms with Crippen LogP contribution >= 0.6 is 38.9 Å². The van der Waals surface area contributed by atoms with Crippen molar-refractivity contribution < 1.29 is 0 Å². The number of benzene rings is 1. The fourth-order valence-electron chi connectivity index (χ4n) is 1.82. The fourth-order valence-corrected chi connectivity index (χ4v) is 3.28. The molecule has 1 N–H and O–H groups in total. The number of fused-ring (bicyclic) bond motifs is 1. The second-order valence-corrected chi connectivity index (χ2v) is 6.21. The molecule has 2 heterocycles. The SMILES string of the molecule is Cc1cc(Br)ccc1Nc1nc(Cl)nc2sccc12. The van der Waals surface area contributed by atoms with Crippen LogP contribution in [0.3, 0.4) is 0 Å². The zero-order valence-electron chi connectivity index (χ0n) is 9.95. The number of nitrogens with one attached hydrogen (secondary N) is 1. The predicted octanol–water partition coefficient (Wildman–Crippen LogP) is 5.16. The average molecular weight is 355 g/mol. The summed E-state index contributed by atoms with van der Waals surface area (Å²) in [6.07, 6.45) is 0. The number of hydrogen-bond acceptors (Lipinski definition) is 4. The Bertz CT molecular complexity index is 757. The van der Waals surface area contributed by atoms with E-state index in [0.29, 0.717) is 0 Å². The first-order chi connectivity index (χ1) is 9.13. The highest BCUT2D eigenvalue weighted by molar-refractivity contribution is 9.10. The van der Waals surface area contributed by atoms with Gasteiger partial charge in [-0.3, -0.25) is 0 Å². The van der Waals surface area contributed by atoms with Crippen LogP contribution in [0.25, 0.3) is 10.2 Å². The Hall–Kier alpha value is -1.17. The quantitative estimate of drug-likeness (QED) is 0.646. The van der Waals surface area contributed by atoms with Crippen LogP contribution in [0, 0.1) is 6.92 Å². The lowest BCUT2D eigenvalue weighted by atomic mass is 10.2. The molecule has 96 valence electrons. The molecule has 3 rings (SSSR count). The Labute approximate surface area is 127 Å².